The average molecular weight is 299 g/mol. The van der Waals surface area contributed by atoms with Gasteiger partial charge in [-0.1, -0.05) is 28.1 Å². The van der Waals surface area contributed by atoms with Crippen LogP contribution in [0.4, 0.5) is 0 Å². The topological polar surface area (TPSA) is 29.5 Å². The molecule has 3 heteroatoms. The molecule has 0 saturated carbocycles. The highest BCUT2D eigenvalue weighted by atomic mass is 79.9. The fourth-order valence-corrected chi connectivity index (χ4v) is 2.87. The summed E-state index contributed by atoms with van der Waals surface area (Å²) in [4.78, 5) is 0. The quantitative estimate of drug-likeness (QED) is 0.905. The van der Waals surface area contributed by atoms with Gasteiger partial charge < -0.3 is 9.84 Å². The Balaban J connectivity index is 1.90. The van der Waals surface area contributed by atoms with Gasteiger partial charge in [-0.2, -0.15) is 0 Å². The first-order chi connectivity index (χ1) is 8.28. The van der Waals surface area contributed by atoms with Crippen molar-refractivity contribution in [3.8, 4) is 0 Å². The lowest BCUT2D eigenvalue weighted by Crippen LogP contribution is -2.18. The lowest BCUT2D eigenvalue weighted by atomic mass is 9.93. The molecule has 1 aliphatic rings. The first-order valence-electron chi connectivity index (χ1n) is 6.25. The van der Waals surface area contributed by atoms with Crippen LogP contribution in [0.3, 0.4) is 0 Å². The minimum atomic E-state index is 0.242. The molecule has 1 fully saturated rings. The number of benzene rings is 1. The van der Waals surface area contributed by atoms with Gasteiger partial charge in [-0.25, -0.2) is 0 Å². The van der Waals surface area contributed by atoms with Gasteiger partial charge in [0.1, 0.15) is 0 Å². The number of halogens is 1. The van der Waals surface area contributed by atoms with Crippen molar-refractivity contribution in [3.05, 3.63) is 34.3 Å². The molecule has 1 N–H and O–H groups in total. The van der Waals surface area contributed by atoms with Gasteiger partial charge in [0.25, 0.3) is 0 Å². The highest BCUT2D eigenvalue weighted by Gasteiger charge is 2.20. The Morgan fingerprint density at radius 2 is 2.35 bits per heavy atom. The molecule has 1 aromatic rings. The maximum atomic E-state index is 9.45. The third-order valence-electron chi connectivity index (χ3n) is 3.29. The van der Waals surface area contributed by atoms with E-state index < -0.39 is 0 Å². The summed E-state index contributed by atoms with van der Waals surface area (Å²) in [5.41, 5.74) is 1.27. The van der Waals surface area contributed by atoms with Gasteiger partial charge in [-0.15, -0.1) is 0 Å². The van der Waals surface area contributed by atoms with Crippen LogP contribution in [-0.2, 0) is 11.2 Å². The van der Waals surface area contributed by atoms with E-state index >= 15 is 0 Å². The molecule has 1 aliphatic heterocycles. The summed E-state index contributed by atoms with van der Waals surface area (Å²) in [6, 6.07) is 8.30. The van der Waals surface area contributed by atoms with E-state index in [1.807, 2.05) is 12.1 Å². The molecule has 1 saturated heterocycles. The van der Waals surface area contributed by atoms with Crippen molar-refractivity contribution in [2.24, 2.45) is 5.92 Å². The maximum absolute atomic E-state index is 9.45. The van der Waals surface area contributed by atoms with Crippen LogP contribution in [0, 0.1) is 5.92 Å². The zero-order valence-electron chi connectivity index (χ0n) is 9.94. The Morgan fingerprint density at radius 3 is 3.00 bits per heavy atom. The Hall–Kier alpha value is -0.380. The van der Waals surface area contributed by atoms with E-state index in [0.717, 1.165) is 30.3 Å². The molecule has 0 aliphatic carbocycles. The molecule has 2 nitrogen and oxygen atoms in total. The molecule has 0 bridgehead atoms. The molecular formula is C14H19BrO2. The first-order valence-corrected chi connectivity index (χ1v) is 7.04. The largest absolute Gasteiger partial charge is 0.396 e. The van der Waals surface area contributed by atoms with Crippen LogP contribution in [-0.4, -0.2) is 24.4 Å². The van der Waals surface area contributed by atoms with Gasteiger partial charge in [-0.05, 0) is 49.3 Å². The minimum Gasteiger partial charge on any atom is -0.396 e. The predicted molar refractivity (Wildman–Crippen MR) is 72.0 cm³/mol. The molecule has 0 amide bonds. The van der Waals surface area contributed by atoms with Crippen LogP contribution in [0.1, 0.15) is 24.8 Å². The Morgan fingerprint density at radius 1 is 1.47 bits per heavy atom. The maximum Gasteiger partial charge on any atom is 0.0579 e. The SMILES string of the molecule is OCC(Cc1cccc(Br)c1)CC1CCCO1. The summed E-state index contributed by atoms with van der Waals surface area (Å²) in [5, 5.41) is 9.45. The molecule has 0 aromatic heterocycles. The van der Waals surface area contributed by atoms with Gasteiger partial charge in [0.2, 0.25) is 0 Å². The highest BCUT2D eigenvalue weighted by Crippen LogP contribution is 2.23. The van der Waals surface area contributed by atoms with Crippen molar-refractivity contribution in [2.75, 3.05) is 13.2 Å². The number of hydrogen-bond acceptors (Lipinski definition) is 2. The Bertz CT molecular complexity index is 348. The second kappa shape index (κ2) is 6.53. The van der Waals surface area contributed by atoms with Crippen molar-refractivity contribution in [1.82, 2.24) is 0 Å². The summed E-state index contributed by atoms with van der Waals surface area (Å²) >= 11 is 3.47. The molecule has 2 atom stereocenters. The molecule has 17 heavy (non-hydrogen) atoms. The number of rotatable bonds is 5. The molecule has 1 heterocycles. The summed E-state index contributed by atoms with van der Waals surface area (Å²) in [7, 11) is 0. The Kier molecular flexibility index (Phi) is 5.01. The van der Waals surface area contributed by atoms with E-state index in [1.165, 1.54) is 12.0 Å². The zero-order valence-corrected chi connectivity index (χ0v) is 11.5. The lowest BCUT2D eigenvalue weighted by molar-refractivity contribution is 0.0766. The van der Waals surface area contributed by atoms with Gasteiger partial charge in [0.15, 0.2) is 0 Å². The van der Waals surface area contributed by atoms with Gasteiger partial charge in [0, 0.05) is 17.7 Å². The second-order valence-electron chi connectivity index (χ2n) is 4.75. The molecule has 2 rings (SSSR count). The minimum absolute atomic E-state index is 0.242. The third-order valence-corrected chi connectivity index (χ3v) is 3.79. The first kappa shape index (κ1) is 13.1. The van der Waals surface area contributed by atoms with E-state index in [1.54, 1.807) is 0 Å². The van der Waals surface area contributed by atoms with E-state index in [4.69, 9.17) is 4.74 Å². The van der Waals surface area contributed by atoms with Crippen molar-refractivity contribution >= 4 is 15.9 Å². The van der Waals surface area contributed by atoms with Crippen LogP contribution >= 0.6 is 15.9 Å². The van der Waals surface area contributed by atoms with E-state index in [9.17, 15) is 5.11 Å². The van der Waals surface area contributed by atoms with E-state index in [2.05, 4.69) is 28.1 Å². The van der Waals surface area contributed by atoms with Crippen molar-refractivity contribution < 1.29 is 9.84 Å². The van der Waals surface area contributed by atoms with E-state index in [0.29, 0.717) is 12.0 Å². The van der Waals surface area contributed by atoms with E-state index in [-0.39, 0.29) is 6.61 Å². The number of hydrogen-bond donors (Lipinski definition) is 1. The fraction of sp³-hybridized carbons (Fsp3) is 0.571. The molecule has 2 unspecified atom stereocenters. The number of aliphatic hydroxyl groups is 1. The van der Waals surface area contributed by atoms with Crippen LogP contribution in [0.2, 0.25) is 0 Å². The number of ether oxygens (including phenoxy) is 1. The van der Waals surface area contributed by atoms with Crippen LogP contribution in [0.5, 0.6) is 0 Å². The zero-order chi connectivity index (χ0) is 12.1. The summed E-state index contributed by atoms with van der Waals surface area (Å²) < 4.78 is 6.73. The Labute approximate surface area is 111 Å². The number of aliphatic hydroxyl groups excluding tert-OH is 1. The summed E-state index contributed by atoms with van der Waals surface area (Å²) in [6.07, 6.45) is 4.58. The van der Waals surface area contributed by atoms with Crippen LogP contribution in [0.15, 0.2) is 28.7 Å². The summed E-state index contributed by atoms with van der Waals surface area (Å²) in [5.74, 6) is 0.312. The molecule has 0 spiro atoms. The smallest absolute Gasteiger partial charge is 0.0579 e. The molecule has 0 radical (unpaired) electrons. The van der Waals surface area contributed by atoms with Gasteiger partial charge >= 0.3 is 0 Å². The van der Waals surface area contributed by atoms with Gasteiger partial charge in [0.05, 0.1) is 6.10 Å². The van der Waals surface area contributed by atoms with Crippen molar-refractivity contribution in [2.45, 2.75) is 31.8 Å². The third kappa shape index (κ3) is 4.09. The van der Waals surface area contributed by atoms with Crippen LogP contribution < -0.4 is 0 Å². The van der Waals surface area contributed by atoms with Crippen molar-refractivity contribution in [3.63, 3.8) is 0 Å². The standard InChI is InChI=1S/C14H19BrO2/c15-13-4-1-3-11(8-13)7-12(10-16)9-14-5-2-6-17-14/h1,3-4,8,12,14,16H,2,5-7,9-10H2. The summed E-state index contributed by atoms with van der Waals surface area (Å²) in [6.45, 7) is 1.13. The predicted octanol–water partition coefficient (Wildman–Crippen LogP) is 3.17. The van der Waals surface area contributed by atoms with Gasteiger partial charge in [-0.3, -0.25) is 0 Å². The highest BCUT2D eigenvalue weighted by molar-refractivity contribution is 9.10. The molecule has 94 valence electrons. The lowest BCUT2D eigenvalue weighted by Gasteiger charge is -2.18. The normalized spacial score (nSPS) is 21.6. The fourth-order valence-electron chi connectivity index (χ4n) is 2.42. The van der Waals surface area contributed by atoms with Crippen LogP contribution in [0.25, 0.3) is 0 Å². The molecule has 1 aromatic carbocycles. The molecular weight excluding hydrogens is 280 g/mol. The van der Waals surface area contributed by atoms with Crippen molar-refractivity contribution in [1.29, 1.82) is 0 Å². The second-order valence-corrected chi connectivity index (χ2v) is 5.67. The monoisotopic (exact) mass is 298 g/mol. The average Bonchev–Trinajstić information content (AvgIpc) is 2.81.